The maximum Gasteiger partial charge on any atom is 0.156 e. The van der Waals surface area contributed by atoms with Gasteiger partial charge in [0.05, 0.1) is 36.3 Å². The molecular formula is C11H15Cl3NO2+. The second kappa shape index (κ2) is 8.01. The van der Waals surface area contributed by atoms with Gasteiger partial charge >= 0.3 is 0 Å². The fourth-order valence-electron chi connectivity index (χ4n) is 1.30. The molecule has 1 aromatic rings. The van der Waals surface area contributed by atoms with Gasteiger partial charge in [0, 0.05) is 11.4 Å². The van der Waals surface area contributed by atoms with E-state index in [1.54, 1.807) is 12.1 Å². The fourth-order valence-corrected chi connectivity index (χ4v) is 2.23. The SMILES string of the molecule is OCC[NH2+]CCCOc1c(Cl)cc(Cl)cc1Cl. The molecular weight excluding hydrogens is 284 g/mol. The summed E-state index contributed by atoms with van der Waals surface area (Å²) in [6.07, 6.45) is 0.856. The Morgan fingerprint density at radius 2 is 1.76 bits per heavy atom. The quantitative estimate of drug-likeness (QED) is 0.756. The summed E-state index contributed by atoms with van der Waals surface area (Å²) in [6.45, 7) is 2.32. The van der Waals surface area contributed by atoms with E-state index < -0.39 is 0 Å². The predicted octanol–water partition coefficient (Wildman–Crippen LogP) is 1.97. The third-order valence-electron chi connectivity index (χ3n) is 2.10. The van der Waals surface area contributed by atoms with Crippen LogP contribution >= 0.6 is 34.8 Å². The Labute approximate surface area is 116 Å². The smallest absolute Gasteiger partial charge is 0.156 e. The van der Waals surface area contributed by atoms with Crippen LogP contribution < -0.4 is 10.1 Å². The van der Waals surface area contributed by atoms with Gasteiger partial charge in [0.2, 0.25) is 0 Å². The Morgan fingerprint density at radius 3 is 2.35 bits per heavy atom. The number of aliphatic hydroxyl groups is 1. The van der Waals surface area contributed by atoms with E-state index >= 15 is 0 Å². The van der Waals surface area contributed by atoms with Crippen LogP contribution in [0.4, 0.5) is 0 Å². The molecule has 0 saturated carbocycles. The normalized spacial score (nSPS) is 10.6. The van der Waals surface area contributed by atoms with Crippen LogP contribution in [0, 0.1) is 0 Å². The van der Waals surface area contributed by atoms with Gasteiger partial charge in [0.25, 0.3) is 0 Å². The Kier molecular flexibility index (Phi) is 7.00. The van der Waals surface area contributed by atoms with Gasteiger partial charge < -0.3 is 15.2 Å². The zero-order valence-electron chi connectivity index (χ0n) is 9.26. The minimum atomic E-state index is 0.190. The predicted molar refractivity (Wildman–Crippen MR) is 70.3 cm³/mol. The third kappa shape index (κ3) is 5.32. The van der Waals surface area contributed by atoms with Gasteiger partial charge in [0.1, 0.15) is 0 Å². The van der Waals surface area contributed by atoms with Gasteiger partial charge in [-0.1, -0.05) is 34.8 Å². The van der Waals surface area contributed by atoms with Crippen molar-refractivity contribution < 1.29 is 15.2 Å². The molecule has 6 heteroatoms. The van der Waals surface area contributed by atoms with E-state index in [1.165, 1.54) is 0 Å². The van der Waals surface area contributed by atoms with E-state index in [4.69, 9.17) is 44.6 Å². The number of hydrogen-bond acceptors (Lipinski definition) is 2. The molecule has 0 radical (unpaired) electrons. The monoisotopic (exact) mass is 298 g/mol. The van der Waals surface area contributed by atoms with Gasteiger partial charge in [-0.2, -0.15) is 0 Å². The highest BCUT2D eigenvalue weighted by Gasteiger charge is 2.08. The van der Waals surface area contributed by atoms with Gasteiger partial charge in [-0.15, -0.1) is 0 Å². The molecule has 3 N–H and O–H groups in total. The molecule has 0 aliphatic rings. The Bertz CT molecular complexity index is 338. The van der Waals surface area contributed by atoms with E-state index in [-0.39, 0.29) is 6.61 Å². The van der Waals surface area contributed by atoms with Crippen molar-refractivity contribution in [3.8, 4) is 5.75 Å². The molecule has 17 heavy (non-hydrogen) atoms. The zero-order valence-corrected chi connectivity index (χ0v) is 11.5. The minimum absolute atomic E-state index is 0.190. The first-order chi connectivity index (χ1) is 8.15. The fraction of sp³-hybridized carbons (Fsp3) is 0.455. The van der Waals surface area contributed by atoms with Gasteiger partial charge in [0.15, 0.2) is 5.75 Å². The number of benzene rings is 1. The highest BCUT2D eigenvalue weighted by molar-refractivity contribution is 6.40. The first-order valence-corrected chi connectivity index (χ1v) is 6.48. The van der Waals surface area contributed by atoms with Crippen LogP contribution in [0.5, 0.6) is 5.75 Å². The summed E-state index contributed by atoms with van der Waals surface area (Å²) >= 11 is 17.7. The largest absolute Gasteiger partial charge is 0.490 e. The van der Waals surface area contributed by atoms with Crippen LogP contribution in [-0.4, -0.2) is 31.4 Å². The molecule has 1 rings (SSSR count). The summed E-state index contributed by atoms with van der Waals surface area (Å²) in [5.41, 5.74) is 0. The van der Waals surface area contributed by atoms with Crippen molar-refractivity contribution >= 4 is 34.8 Å². The summed E-state index contributed by atoms with van der Waals surface area (Å²) in [6, 6.07) is 3.20. The van der Waals surface area contributed by atoms with Crippen molar-refractivity contribution in [2.75, 3.05) is 26.3 Å². The van der Waals surface area contributed by atoms with Gasteiger partial charge in [-0.3, -0.25) is 0 Å². The molecule has 0 aliphatic carbocycles. The Balaban J connectivity index is 2.36. The minimum Gasteiger partial charge on any atom is -0.490 e. The Morgan fingerprint density at radius 1 is 1.12 bits per heavy atom. The number of rotatable bonds is 7. The van der Waals surface area contributed by atoms with E-state index in [2.05, 4.69) is 0 Å². The molecule has 0 fully saturated rings. The zero-order chi connectivity index (χ0) is 12.7. The lowest BCUT2D eigenvalue weighted by Crippen LogP contribution is -2.85. The lowest BCUT2D eigenvalue weighted by atomic mass is 10.3. The molecule has 0 unspecified atom stereocenters. The van der Waals surface area contributed by atoms with Crippen molar-refractivity contribution in [2.45, 2.75) is 6.42 Å². The molecule has 0 heterocycles. The van der Waals surface area contributed by atoms with Gasteiger partial charge in [-0.25, -0.2) is 0 Å². The summed E-state index contributed by atoms with van der Waals surface area (Å²) in [4.78, 5) is 0. The summed E-state index contributed by atoms with van der Waals surface area (Å²) in [5, 5.41) is 11.9. The van der Waals surface area contributed by atoms with Crippen molar-refractivity contribution in [2.24, 2.45) is 0 Å². The lowest BCUT2D eigenvalue weighted by molar-refractivity contribution is -0.656. The number of hydrogen-bond donors (Lipinski definition) is 2. The first kappa shape index (κ1) is 14.9. The molecule has 0 spiro atoms. The van der Waals surface area contributed by atoms with Crippen molar-refractivity contribution in [3.05, 3.63) is 27.2 Å². The number of nitrogens with two attached hydrogens (primary N) is 1. The van der Waals surface area contributed by atoms with Gasteiger partial charge in [-0.05, 0) is 12.1 Å². The highest BCUT2D eigenvalue weighted by atomic mass is 35.5. The second-order valence-corrected chi connectivity index (χ2v) is 4.74. The average molecular weight is 300 g/mol. The Hall–Kier alpha value is -0.190. The number of ether oxygens (including phenoxy) is 1. The molecule has 0 bridgehead atoms. The molecule has 0 amide bonds. The summed E-state index contributed by atoms with van der Waals surface area (Å²) in [7, 11) is 0. The van der Waals surface area contributed by atoms with Crippen molar-refractivity contribution in [1.82, 2.24) is 0 Å². The van der Waals surface area contributed by atoms with Crippen molar-refractivity contribution in [3.63, 3.8) is 0 Å². The number of quaternary nitrogens is 1. The van der Waals surface area contributed by atoms with E-state index in [0.29, 0.717) is 34.0 Å². The maximum atomic E-state index is 8.59. The molecule has 3 nitrogen and oxygen atoms in total. The average Bonchev–Trinajstić information content (AvgIpc) is 2.26. The summed E-state index contributed by atoms with van der Waals surface area (Å²) in [5.74, 6) is 0.472. The summed E-state index contributed by atoms with van der Waals surface area (Å²) < 4.78 is 5.50. The number of halogens is 3. The highest BCUT2D eigenvalue weighted by Crippen LogP contribution is 2.35. The first-order valence-electron chi connectivity index (χ1n) is 5.35. The molecule has 0 aromatic heterocycles. The van der Waals surface area contributed by atoms with Crippen LogP contribution in [-0.2, 0) is 0 Å². The maximum absolute atomic E-state index is 8.59. The van der Waals surface area contributed by atoms with Crippen LogP contribution in [0.2, 0.25) is 15.1 Å². The van der Waals surface area contributed by atoms with Crippen LogP contribution in [0.3, 0.4) is 0 Å². The van der Waals surface area contributed by atoms with E-state index in [0.717, 1.165) is 13.0 Å². The third-order valence-corrected chi connectivity index (χ3v) is 2.87. The molecule has 0 atom stereocenters. The van der Waals surface area contributed by atoms with Crippen LogP contribution in [0.1, 0.15) is 6.42 Å². The second-order valence-electron chi connectivity index (χ2n) is 3.49. The van der Waals surface area contributed by atoms with E-state index in [9.17, 15) is 0 Å². The molecule has 0 saturated heterocycles. The molecule has 1 aromatic carbocycles. The standard InChI is InChI=1S/C11H14Cl3NO2/c12-8-6-9(13)11(10(14)7-8)17-5-1-2-15-3-4-16/h6-7,15-16H,1-5H2/p+1. The topological polar surface area (TPSA) is 46.1 Å². The molecule has 0 aliphatic heterocycles. The molecule has 96 valence electrons. The lowest BCUT2D eigenvalue weighted by Gasteiger charge is -2.09. The van der Waals surface area contributed by atoms with Crippen LogP contribution in [0.25, 0.3) is 0 Å². The van der Waals surface area contributed by atoms with Crippen molar-refractivity contribution in [1.29, 1.82) is 0 Å². The van der Waals surface area contributed by atoms with E-state index in [1.807, 2.05) is 5.32 Å². The van der Waals surface area contributed by atoms with Crippen LogP contribution in [0.15, 0.2) is 12.1 Å². The number of aliphatic hydroxyl groups excluding tert-OH is 1.